The van der Waals surface area contributed by atoms with Gasteiger partial charge in [-0.1, -0.05) is 18.2 Å². The molecule has 5 rings (SSSR count). The summed E-state index contributed by atoms with van der Waals surface area (Å²) in [4.78, 5) is 29.1. The molecule has 1 saturated heterocycles. The lowest BCUT2D eigenvalue weighted by Crippen LogP contribution is -2.51. The number of nitrogens with zero attached hydrogens (tertiary/aromatic N) is 3. The number of nitrogens with one attached hydrogen (secondary N) is 1. The molecule has 164 valence electrons. The zero-order valence-electron chi connectivity index (χ0n) is 18.2. The van der Waals surface area contributed by atoms with E-state index < -0.39 is 0 Å². The molecule has 0 saturated carbocycles. The number of fused-ring (bicyclic) bond motifs is 1. The Hall–Kier alpha value is -3.58. The molecular weight excluding hydrogens is 404 g/mol. The molecule has 2 aliphatic rings. The lowest BCUT2D eigenvalue weighted by molar-refractivity contribution is -0.117. The smallest absolute Gasteiger partial charge is 0.294 e. The maximum Gasteiger partial charge on any atom is 0.294 e. The van der Waals surface area contributed by atoms with E-state index in [0.29, 0.717) is 12.2 Å². The molecule has 7 nitrogen and oxygen atoms in total. The minimum absolute atomic E-state index is 0.0425. The van der Waals surface area contributed by atoms with Crippen molar-refractivity contribution in [3.05, 3.63) is 66.6 Å². The van der Waals surface area contributed by atoms with Crippen molar-refractivity contribution < 1.29 is 14.0 Å². The summed E-state index contributed by atoms with van der Waals surface area (Å²) in [6.07, 6.45) is 2.63. The topological polar surface area (TPSA) is 69.0 Å². The van der Waals surface area contributed by atoms with Crippen LogP contribution in [0.15, 0.2) is 65.3 Å². The Kier molecular flexibility index (Phi) is 5.19. The molecule has 0 radical (unpaired) electrons. The summed E-state index contributed by atoms with van der Waals surface area (Å²) in [5.74, 6) is 0.0327. The van der Waals surface area contributed by atoms with Gasteiger partial charge in [-0.15, -0.1) is 0 Å². The van der Waals surface area contributed by atoms with Gasteiger partial charge in [-0.3, -0.25) is 9.59 Å². The predicted octanol–water partition coefficient (Wildman–Crippen LogP) is 4.06. The van der Waals surface area contributed by atoms with E-state index in [1.807, 2.05) is 25.1 Å². The summed E-state index contributed by atoms with van der Waals surface area (Å²) in [7, 11) is 0. The van der Waals surface area contributed by atoms with Crippen LogP contribution in [-0.4, -0.2) is 37.5 Å². The fourth-order valence-corrected chi connectivity index (χ4v) is 4.59. The molecule has 32 heavy (non-hydrogen) atoms. The zero-order valence-corrected chi connectivity index (χ0v) is 18.2. The number of rotatable bonds is 3. The first-order chi connectivity index (χ1) is 15.5. The normalized spacial score (nSPS) is 18.1. The Morgan fingerprint density at radius 3 is 2.47 bits per heavy atom. The predicted molar refractivity (Wildman–Crippen MR) is 125 cm³/mol. The van der Waals surface area contributed by atoms with Gasteiger partial charge in [0.25, 0.3) is 5.91 Å². The highest BCUT2D eigenvalue weighted by atomic mass is 16.3. The molecule has 7 heteroatoms. The first kappa shape index (κ1) is 20.3. The van der Waals surface area contributed by atoms with Crippen molar-refractivity contribution in [1.29, 1.82) is 0 Å². The van der Waals surface area contributed by atoms with Gasteiger partial charge >= 0.3 is 0 Å². The summed E-state index contributed by atoms with van der Waals surface area (Å²) < 4.78 is 5.37. The quantitative estimate of drug-likeness (QED) is 0.679. The number of hydrogen-bond donors (Lipinski definition) is 1. The van der Waals surface area contributed by atoms with Crippen molar-refractivity contribution in [2.24, 2.45) is 0 Å². The number of amides is 2. The highest BCUT2D eigenvalue weighted by Gasteiger charge is 2.35. The SMILES string of the molecule is CC(=O)N1c2ccc(-c3ccc(N4CCCN4)cc3)cc2N(C(=O)c2ccco2)C[C@@H]1C. The molecule has 0 unspecified atom stereocenters. The Balaban J connectivity index is 1.54. The molecule has 1 N–H and O–H groups in total. The average Bonchev–Trinajstić information content (AvgIpc) is 3.52. The number of hydrogen-bond acceptors (Lipinski definition) is 5. The van der Waals surface area contributed by atoms with Crippen molar-refractivity contribution in [1.82, 2.24) is 5.43 Å². The van der Waals surface area contributed by atoms with Gasteiger partial charge in [0.05, 0.1) is 29.4 Å². The number of carbonyl (C=O) groups excluding carboxylic acids is 2. The highest BCUT2D eigenvalue weighted by molar-refractivity contribution is 6.10. The van der Waals surface area contributed by atoms with Crippen LogP contribution >= 0.6 is 0 Å². The Morgan fingerprint density at radius 2 is 1.81 bits per heavy atom. The standard InChI is InChI=1S/C25H26N4O3/c1-17-16-27(25(31)24-5-3-14-32-24)23-15-20(8-11-22(23)29(17)18(2)30)19-6-9-21(10-7-19)28-13-4-12-26-28/h3,5-11,14-15,17,26H,4,12-13,16H2,1-2H3/t17-/m0/s1. The third kappa shape index (κ3) is 3.54. The van der Waals surface area contributed by atoms with E-state index in [4.69, 9.17) is 4.42 Å². The number of benzene rings is 2. The average molecular weight is 431 g/mol. The molecule has 1 aromatic heterocycles. The summed E-state index contributed by atoms with van der Waals surface area (Å²) in [5.41, 5.74) is 7.98. The van der Waals surface area contributed by atoms with Gasteiger partial charge in [-0.25, -0.2) is 5.43 Å². The van der Waals surface area contributed by atoms with Crippen LogP contribution in [0.5, 0.6) is 0 Å². The van der Waals surface area contributed by atoms with E-state index in [-0.39, 0.29) is 23.6 Å². The van der Waals surface area contributed by atoms with Crippen LogP contribution in [0.4, 0.5) is 17.1 Å². The lowest BCUT2D eigenvalue weighted by Gasteiger charge is -2.40. The fraction of sp³-hybridized carbons (Fsp3) is 0.280. The first-order valence-electron chi connectivity index (χ1n) is 10.9. The van der Waals surface area contributed by atoms with E-state index in [9.17, 15) is 9.59 Å². The monoisotopic (exact) mass is 430 g/mol. The maximum absolute atomic E-state index is 13.2. The van der Waals surface area contributed by atoms with E-state index in [1.165, 1.54) is 6.26 Å². The second kappa shape index (κ2) is 8.16. The molecule has 1 atom stereocenters. The number of anilines is 3. The van der Waals surface area contributed by atoms with E-state index in [1.54, 1.807) is 28.9 Å². The van der Waals surface area contributed by atoms with Gasteiger partial charge < -0.3 is 19.2 Å². The van der Waals surface area contributed by atoms with Crippen LogP contribution in [-0.2, 0) is 4.79 Å². The van der Waals surface area contributed by atoms with Crippen LogP contribution in [0.3, 0.4) is 0 Å². The summed E-state index contributed by atoms with van der Waals surface area (Å²) in [5, 5.41) is 2.16. The van der Waals surface area contributed by atoms with Gasteiger partial charge in [0.1, 0.15) is 0 Å². The molecule has 0 spiro atoms. The molecule has 0 aliphatic carbocycles. The Bertz CT molecular complexity index is 1130. The van der Waals surface area contributed by atoms with Crippen molar-refractivity contribution in [2.75, 3.05) is 34.4 Å². The largest absolute Gasteiger partial charge is 0.459 e. The minimum atomic E-state index is -0.209. The van der Waals surface area contributed by atoms with Crippen molar-refractivity contribution in [2.45, 2.75) is 26.3 Å². The van der Waals surface area contributed by atoms with Gasteiger partial charge in [0.2, 0.25) is 5.91 Å². The molecular formula is C25H26N4O3. The Labute approximate surface area is 187 Å². The van der Waals surface area contributed by atoms with Gasteiger partial charge in [-0.05, 0) is 60.9 Å². The van der Waals surface area contributed by atoms with Crippen molar-refractivity contribution >= 4 is 28.9 Å². The molecule has 2 amide bonds. The third-order valence-corrected chi connectivity index (χ3v) is 6.10. The van der Waals surface area contributed by atoms with Crippen molar-refractivity contribution in [3.63, 3.8) is 0 Å². The molecule has 0 bridgehead atoms. The van der Waals surface area contributed by atoms with Crippen LogP contribution in [0.2, 0.25) is 0 Å². The Morgan fingerprint density at radius 1 is 1.03 bits per heavy atom. The van der Waals surface area contributed by atoms with Gasteiger partial charge in [-0.2, -0.15) is 0 Å². The van der Waals surface area contributed by atoms with Crippen LogP contribution in [0.1, 0.15) is 30.8 Å². The number of carbonyl (C=O) groups is 2. The van der Waals surface area contributed by atoms with Gasteiger partial charge in [0, 0.05) is 26.6 Å². The van der Waals surface area contributed by atoms with E-state index in [0.717, 1.165) is 42.0 Å². The maximum atomic E-state index is 13.2. The zero-order chi connectivity index (χ0) is 22.2. The first-order valence-corrected chi connectivity index (χ1v) is 10.9. The molecule has 1 fully saturated rings. The molecule has 2 aliphatic heterocycles. The summed E-state index contributed by atoms with van der Waals surface area (Å²) >= 11 is 0. The second-order valence-corrected chi connectivity index (χ2v) is 8.29. The van der Waals surface area contributed by atoms with Gasteiger partial charge in [0.15, 0.2) is 5.76 Å². The summed E-state index contributed by atoms with van der Waals surface area (Å²) in [6.45, 7) is 5.91. The van der Waals surface area contributed by atoms with Crippen LogP contribution in [0.25, 0.3) is 11.1 Å². The van der Waals surface area contributed by atoms with E-state index in [2.05, 4.69) is 34.7 Å². The highest BCUT2D eigenvalue weighted by Crippen LogP contribution is 2.39. The second-order valence-electron chi connectivity index (χ2n) is 8.29. The molecule has 3 aromatic rings. The minimum Gasteiger partial charge on any atom is -0.459 e. The van der Waals surface area contributed by atoms with Crippen molar-refractivity contribution in [3.8, 4) is 11.1 Å². The van der Waals surface area contributed by atoms with E-state index >= 15 is 0 Å². The number of hydrazine groups is 1. The third-order valence-electron chi connectivity index (χ3n) is 6.10. The number of furan rings is 1. The fourth-order valence-electron chi connectivity index (χ4n) is 4.59. The van der Waals surface area contributed by atoms with Crippen LogP contribution in [0, 0.1) is 0 Å². The molecule has 3 heterocycles. The molecule has 2 aromatic carbocycles. The lowest BCUT2D eigenvalue weighted by atomic mass is 10.00. The summed E-state index contributed by atoms with van der Waals surface area (Å²) in [6, 6.07) is 17.5. The van der Waals surface area contributed by atoms with Crippen LogP contribution < -0.4 is 20.2 Å².